The summed E-state index contributed by atoms with van der Waals surface area (Å²) in [6.07, 6.45) is 1.69. The molecule has 0 spiro atoms. The van der Waals surface area contributed by atoms with Gasteiger partial charge in [-0.1, -0.05) is 0 Å². The number of rotatable bonds is 2. The number of fused-ring (bicyclic) bond motifs is 1. The number of nitrogens with zero attached hydrogens (tertiary/aromatic N) is 3. The molecular weight excluding hydrogens is 315 g/mol. The van der Waals surface area contributed by atoms with Gasteiger partial charge in [-0.05, 0) is 31.0 Å². The number of H-pyrrole nitrogens is 1. The van der Waals surface area contributed by atoms with E-state index in [-0.39, 0.29) is 17.6 Å². The Morgan fingerprint density at radius 1 is 1.35 bits per heavy atom. The van der Waals surface area contributed by atoms with Crippen molar-refractivity contribution in [2.45, 2.75) is 18.8 Å². The fraction of sp³-hybridized carbons (Fsp3) is 0.312. The number of imidazole rings is 1. The zero-order valence-corrected chi connectivity index (χ0v) is 13.1. The van der Waals surface area contributed by atoms with Gasteiger partial charge in [-0.15, -0.1) is 11.3 Å². The van der Waals surface area contributed by atoms with Crippen LogP contribution in [0.2, 0.25) is 0 Å². The number of aromatic nitrogens is 3. The van der Waals surface area contributed by atoms with E-state index in [1.54, 1.807) is 17.0 Å². The Morgan fingerprint density at radius 2 is 2.17 bits per heavy atom. The largest absolute Gasteiger partial charge is 0.342 e. The first-order chi connectivity index (χ1) is 11.2. The lowest BCUT2D eigenvalue weighted by Crippen LogP contribution is -2.38. The quantitative estimate of drug-likeness (QED) is 0.785. The fourth-order valence-electron chi connectivity index (χ4n) is 3.03. The van der Waals surface area contributed by atoms with Crippen LogP contribution in [0.15, 0.2) is 29.1 Å². The van der Waals surface area contributed by atoms with Gasteiger partial charge in [0.2, 0.25) is 0 Å². The number of piperidine rings is 1. The Balaban J connectivity index is 1.47. The minimum Gasteiger partial charge on any atom is -0.342 e. The summed E-state index contributed by atoms with van der Waals surface area (Å²) in [5.41, 5.74) is 3.70. The first-order valence-electron chi connectivity index (χ1n) is 7.53. The molecule has 5 nitrogen and oxygen atoms in total. The first-order valence-corrected chi connectivity index (χ1v) is 8.47. The van der Waals surface area contributed by atoms with Crippen molar-refractivity contribution >= 4 is 28.3 Å². The Hall–Kier alpha value is -2.28. The molecule has 0 unspecified atom stereocenters. The predicted molar refractivity (Wildman–Crippen MR) is 86.0 cm³/mol. The molecule has 23 heavy (non-hydrogen) atoms. The zero-order chi connectivity index (χ0) is 15.8. The van der Waals surface area contributed by atoms with Gasteiger partial charge in [0.05, 0.1) is 16.5 Å². The molecule has 1 aliphatic rings. The molecule has 1 saturated heterocycles. The molecule has 1 N–H and O–H groups in total. The summed E-state index contributed by atoms with van der Waals surface area (Å²) < 4.78 is 13.3. The maximum absolute atomic E-state index is 13.3. The van der Waals surface area contributed by atoms with Gasteiger partial charge in [-0.3, -0.25) is 4.79 Å². The standard InChI is InChI=1S/C16H15FN4OS/c17-11-1-2-12-13(7-11)20-15(19-12)10-3-5-21(6-4-10)16(22)14-8-23-9-18-14/h1-2,7-10H,3-6H2,(H,19,20). The number of nitrogens with one attached hydrogen (secondary N) is 1. The second-order valence-electron chi connectivity index (χ2n) is 5.72. The molecule has 3 aromatic rings. The van der Waals surface area contributed by atoms with Crippen LogP contribution in [-0.2, 0) is 0 Å². The maximum Gasteiger partial charge on any atom is 0.273 e. The molecule has 2 aromatic heterocycles. The Labute approximate surface area is 136 Å². The van der Waals surface area contributed by atoms with Crippen LogP contribution in [0.1, 0.15) is 35.1 Å². The molecule has 0 saturated carbocycles. The van der Waals surface area contributed by atoms with Gasteiger partial charge in [0.1, 0.15) is 17.3 Å². The molecule has 0 aliphatic carbocycles. The molecule has 7 heteroatoms. The lowest BCUT2D eigenvalue weighted by atomic mass is 9.96. The van der Waals surface area contributed by atoms with Gasteiger partial charge >= 0.3 is 0 Å². The summed E-state index contributed by atoms with van der Waals surface area (Å²) in [6, 6.07) is 4.57. The van der Waals surface area contributed by atoms with Crippen molar-refractivity contribution in [1.82, 2.24) is 19.9 Å². The van der Waals surface area contributed by atoms with Crippen molar-refractivity contribution in [3.8, 4) is 0 Å². The van der Waals surface area contributed by atoms with E-state index in [0.29, 0.717) is 18.8 Å². The lowest BCUT2D eigenvalue weighted by molar-refractivity contribution is 0.0706. The van der Waals surface area contributed by atoms with Crippen molar-refractivity contribution in [2.75, 3.05) is 13.1 Å². The van der Waals surface area contributed by atoms with Gasteiger partial charge in [-0.25, -0.2) is 14.4 Å². The minimum atomic E-state index is -0.267. The van der Waals surface area contributed by atoms with Crippen LogP contribution in [0.25, 0.3) is 11.0 Å². The van der Waals surface area contributed by atoms with E-state index in [2.05, 4.69) is 15.0 Å². The van der Waals surface area contributed by atoms with Gasteiger partial charge < -0.3 is 9.88 Å². The summed E-state index contributed by atoms with van der Waals surface area (Å²) in [5.74, 6) is 0.879. The molecule has 0 radical (unpaired) electrons. The Bertz CT molecular complexity index is 837. The molecule has 1 fully saturated rings. The van der Waals surface area contributed by atoms with Crippen molar-refractivity contribution in [3.63, 3.8) is 0 Å². The summed E-state index contributed by atoms with van der Waals surface area (Å²) in [7, 11) is 0. The molecule has 4 rings (SSSR count). The molecule has 1 amide bonds. The van der Waals surface area contributed by atoms with E-state index in [0.717, 1.165) is 29.7 Å². The number of thiazole rings is 1. The van der Waals surface area contributed by atoms with Gasteiger partial charge in [-0.2, -0.15) is 0 Å². The summed E-state index contributed by atoms with van der Waals surface area (Å²) >= 11 is 1.43. The average Bonchev–Trinajstić information content (AvgIpc) is 3.23. The maximum atomic E-state index is 13.3. The highest BCUT2D eigenvalue weighted by molar-refractivity contribution is 7.07. The number of halogens is 1. The molecule has 1 aromatic carbocycles. The van der Waals surface area contributed by atoms with E-state index in [9.17, 15) is 9.18 Å². The molecular formula is C16H15FN4OS. The fourth-order valence-corrected chi connectivity index (χ4v) is 3.56. The predicted octanol–water partition coefficient (Wildman–Crippen LogP) is 3.18. The number of carbonyl (C=O) groups excluding carboxylic acids is 1. The van der Waals surface area contributed by atoms with E-state index in [1.165, 1.54) is 23.5 Å². The highest BCUT2D eigenvalue weighted by Gasteiger charge is 2.27. The highest BCUT2D eigenvalue weighted by Crippen LogP contribution is 2.28. The Kier molecular flexibility index (Phi) is 3.57. The highest BCUT2D eigenvalue weighted by atomic mass is 32.1. The second-order valence-corrected chi connectivity index (χ2v) is 6.44. The number of amides is 1. The van der Waals surface area contributed by atoms with E-state index >= 15 is 0 Å². The first kappa shape index (κ1) is 14.3. The number of hydrogen-bond donors (Lipinski definition) is 1. The smallest absolute Gasteiger partial charge is 0.273 e. The molecule has 0 atom stereocenters. The van der Waals surface area contributed by atoms with Crippen LogP contribution < -0.4 is 0 Å². The van der Waals surface area contributed by atoms with E-state index < -0.39 is 0 Å². The van der Waals surface area contributed by atoms with Crippen molar-refractivity contribution in [1.29, 1.82) is 0 Å². The second kappa shape index (κ2) is 5.73. The van der Waals surface area contributed by atoms with Crippen molar-refractivity contribution < 1.29 is 9.18 Å². The van der Waals surface area contributed by atoms with Gasteiger partial charge in [0.25, 0.3) is 5.91 Å². The summed E-state index contributed by atoms with van der Waals surface area (Å²) in [6.45, 7) is 1.37. The SMILES string of the molecule is O=C(c1cscn1)N1CCC(c2nc3ccc(F)cc3[nH]2)CC1. The van der Waals surface area contributed by atoms with E-state index in [4.69, 9.17) is 0 Å². The third-order valence-corrected chi connectivity index (χ3v) is 4.87. The summed E-state index contributed by atoms with van der Waals surface area (Å²) in [5, 5.41) is 1.78. The van der Waals surface area contributed by atoms with Gasteiger partial charge in [0.15, 0.2) is 0 Å². The van der Waals surface area contributed by atoms with Crippen LogP contribution >= 0.6 is 11.3 Å². The number of carbonyl (C=O) groups is 1. The van der Waals surface area contributed by atoms with Gasteiger partial charge in [0, 0.05) is 24.4 Å². The number of aromatic amines is 1. The molecule has 118 valence electrons. The Morgan fingerprint density at radius 3 is 2.91 bits per heavy atom. The number of likely N-dealkylation sites (tertiary alicyclic amines) is 1. The summed E-state index contributed by atoms with van der Waals surface area (Å²) in [4.78, 5) is 26.0. The minimum absolute atomic E-state index is 0.00335. The van der Waals surface area contributed by atoms with E-state index in [1.807, 2.05) is 4.90 Å². The topological polar surface area (TPSA) is 61.9 Å². The van der Waals surface area contributed by atoms with Crippen LogP contribution in [0.3, 0.4) is 0 Å². The molecule has 0 bridgehead atoms. The average molecular weight is 330 g/mol. The number of benzene rings is 1. The van der Waals surface area contributed by atoms with Crippen LogP contribution in [-0.4, -0.2) is 38.8 Å². The zero-order valence-electron chi connectivity index (χ0n) is 12.3. The van der Waals surface area contributed by atoms with Crippen LogP contribution in [0.5, 0.6) is 0 Å². The number of hydrogen-bond acceptors (Lipinski definition) is 4. The van der Waals surface area contributed by atoms with Crippen molar-refractivity contribution in [3.05, 3.63) is 46.4 Å². The third kappa shape index (κ3) is 2.72. The van der Waals surface area contributed by atoms with Crippen LogP contribution in [0.4, 0.5) is 4.39 Å². The lowest BCUT2D eigenvalue weighted by Gasteiger charge is -2.30. The molecule has 1 aliphatic heterocycles. The van der Waals surface area contributed by atoms with Crippen LogP contribution in [0, 0.1) is 5.82 Å². The van der Waals surface area contributed by atoms with Crippen molar-refractivity contribution in [2.24, 2.45) is 0 Å². The molecule has 3 heterocycles. The monoisotopic (exact) mass is 330 g/mol. The third-order valence-electron chi connectivity index (χ3n) is 4.28. The normalized spacial score (nSPS) is 16.1.